The maximum Gasteiger partial charge on any atom is 0.372 e. The highest BCUT2D eigenvalue weighted by molar-refractivity contribution is 7.59. The molecule has 166 valence electrons. The molecule has 4 rings (SSSR count). The van der Waals surface area contributed by atoms with Gasteiger partial charge in [0, 0.05) is 23.7 Å². The molecule has 2 aromatic rings. The maximum atomic E-state index is 13.4. The fourth-order valence-electron chi connectivity index (χ4n) is 3.68. The van der Waals surface area contributed by atoms with Crippen LogP contribution in [0.1, 0.15) is 27.5 Å². The Bertz CT molecular complexity index is 953. The molecule has 0 spiro atoms. The number of morpholine rings is 1. The number of fused-ring (bicyclic) bond motifs is 1. The summed E-state index contributed by atoms with van der Waals surface area (Å²) in [5.41, 5.74) is 1.76. The van der Waals surface area contributed by atoms with Crippen LogP contribution in [0.5, 0.6) is 5.75 Å². The van der Waals surface area contributed by atoms with Crippen LogP contribution in [-0.4, -0.2) is 60.0 Å². The van der Waals surface area contributed by atoms with Crippen LogP contribution in [-0.2, 0) is 16.2 Å². The molecule has 10 heteroatoms. The maximum absolute atomic E-state index is 13.4. The first-order chi connectivity index (χ1) is 14.6. The van der Waals surface area contributed by atoms with E-state index < -0.39 is 5.97 Å². The molecule has 2 heterocycles. The number of rotatable bonds is 2. The Labute approximate surface area is 191 Å². The van der Waals surface area contributed by atoms with Crippen LogP contribution in [0.3, 0.4) is 0 Å². The van der Waals surface area contributed by atoms with Crippen molar-refractivity contribution in [3.8, 4) is 5.75 Å². The number of hydrogen-bond acceptors (Lipinski definition) is 6. The molecule has 0 bridgehead atoms. The number of benzene rings is 2. The van der Waals surface area contributed by atoms with Crippen LogP contribution in [0.25, 0.3) is 0 Å². The molecule has 2 aliphatic heterocycles. The Balaban J connectivity index is 0.00000272. The zero-order chi connectivity index (χ0) is 21.1. The molecule has 1 fully saturated rings. The van der Waals surface area contributed by atoms with Crippen molar-refractivity contribution in [2.24, 2.45) is 0 Å². The summed E-state index contributed by atoms with van der Waals surface area (Å²) in [6.07, 6.45) is 0. The second-order valence-electron chi connectivity index (χ2n) is 7.09. The van der Waals surface area contributed by atoms with Crippen molar-refractivity contribution in [3.05, 3.63) is 64.2 Å². The van der Waals surface area contributed by atoms with E-state index in [0.29, 0.717) is 37.1 Å². The average Bonchev–Trinajstić information content (AvgIpc) is 2.98. The summed E-state index contributed by atoms with van der Waals surface area (Å²) in [7, 11) is 0. The van der Waals surface area contributed by atoms with Gasteiger partial charge >= 0.3 is 12.0 Å². The van der Waals surface area contributed by atoms with Gasteiger partial charge in [0.25, 0.3) is 0 Å². The summed E-state index contributed by atoms with van der Waals surface area (Å²) in [6, 6.07) is 11.6. The predicted molar refractivity (Wildman–Crippen MR) is 118 cm³/mol. The number of nitrogens with zero attached hydrogens (tertiary/aromatic N) is 2. The van der Waals surface area contributed by atoms with Gasteiger partial charge in [0.1, 0.15) is 12.4 Å². The minimum absolute atomic E-state index is 0. The fourth-order valence-corrected chi connectivity index (χ4v) is 3.88. The van der Waals surface area contributed by atoms with E-state index in [1.807, 2.05) is 18.2 Å². The van der Waals surface area contributed by atoms with Crippen LogP contribution in [0.15, 0.2) is 42.5 Å². The second-order valence-corrected chi connectivity index (χ2v) is 7.53. The number of ether oxygens (including phenoxy) is 2. The number of halogens is 1. The molecule has 31 heavy (non-hydrogen) atoms. The molecule has 2 amide bonds. The zero-order valence-corrected chi connectivity index (χ0v) is 18.4. The molecular weight excluding hydrogens is 444 g/mol. The van der Waals surface area contributed by atoms with Gasteiger partial charge in [-0.25, -0.2) is 9.59 Å². The largest absolute Gasteiger partial charge is 0.491 e. The third-order valence-corrected chi connectivity index (χ3v) is 5.50. The monoisotopic (exact) mass is 466 g/mol. The molecule has 0 aromatic heterocycles. The third kappa shape index (κ3) is 5.07. The van der Waals surface area contributed by atoms with Gasteiger partial charge in [-0.2, -0.15) is 18.8 Å². The highest BCUT2D eigenvalue weighted by Crippen LogP contribution is 2.34. The first-order valence-corrected chi connectivity index (χ1v) is 9.95. The van der Waals surface area contributed by atoms with Crippen LogP contribution in [0.2, 0.25) is 5.02 Å². The van der Waals surface area contributed by atoms with Crippen molar-refractivity contribution in [1.29, 1.82) is 0 Å². The summed E-state index contributed by atoms with van der Waals surface area (Å²) in [5, 5.41) is 9.22. The van der Waals surface area contributed by atoms with Gasteiger partial charge in [-0.1, -0.05) is 29.8 Å². The zero-order valence-electron chi connectivity index (χ0n) is 16.6. The Morgan fingerprint density at radius 2 is 1.90 bits per heavy atom. The van der Waals surface area contributed by atoms with Crippen molar-refractivity contribution in [2.45, 2.75) is 12.6 Å². The van der Waals surface area contributed by atoms with E-state index in [9.17, 15) is 9.59 Å². The lowest BCUT2D eigenvalue weighted by molar-refractivity contribution is -0.182. The van der Waals surface area contributed by atoms with Gasteiger partial charge in [0.2, 0.25) is 0 Å². The molecule has 0 unspecified atom stereocenters. The average molecular weight is 467 g/mol. The molecule has 1 saturated heterocycles. The lowest BCUT2D eigenvalue weighted by Crippen LogP contribution is -2.49. The SMILES string of the molecule is O=C(OO)c1ccc2c(c1)OC[C@H](c1cccc(Cl)c1)N(C(=O)N1CCOCC1)C2.S. The van der Waals surface area contributed by atoms with Gasteiger partial charge in [-0.05, 0) is 29.8 Å². The Kier molecular flexibility index (Phi) is 7.66. The first-order valence-electron chi connectivity index (χ1n) is 9.57. The molecule has 2 aromatic carbocycles. The smallest absolute Gasteiger partial charge is 0.372 e. The van der Waals surface area contributed by atoms with Crippen molar-refractivity contribution in [2.75, 3.05) is 32.9 Å². The van der Waals surface area contributed by atoms with E-state index in [1.54, 1.807) is 21.9 Å². The number of carbonyl (C=O) groups excluding carboxylic acids is 2. The van der Waals surface area contributed by atoms with Gasteiger partial charge < -0.3 is 19.3 Å². The van der Waals surface area contributed by atoms with E-state index in [0.717, 1.165) is 11.1 Å². The minimum atomic E-state index is -0.877. The topological polar surface area (TPSA) is 88.5 Å². The van der Waals surface area contributed by atoms with E-state index in [-0.39, 0.29) is 44.3 Å². The van der Waals surface area contributed by atoms with E-state index in [4.69, 9.17) is 26.3 Å². The van der Waals surface area contributed by atoms with Crippen LogP contribution >= 0.6 is 25.1 Å². The van der Waals surface area contributed by atoms with Crippen LogP contribution < -0.4 is 4.74 Å². The molecule has 0 aliphatic carbocycles. The summed E-state index contributed by atoms with van der Waals surface area (Å²) < 4.78 is 11.4. The van der Waals surface area contributed by atoms with E-state index in [1.165, 1.54) is 12.1 Å². The normalized spacial score (nSPS) is 18.2. The number of amides is 2. The van der Waals surface area contributed by atoms with Crippen molar-refractivity contribution < 1.29 is 29.2 Å². The van der Waals surface area contributed by atoms with Gasteiger partial charge in [-0.15, -0.1) is 0 Å². The van der Waals surface area contributed by atoms with Gasteiger partial charge in [-0.3, -0.25) is 4.89 Å². The summed E-state index contributed by atoms with van der Waals surface area (Å²) >= 11 is 6.20. The van der Waals surface area contributed by atoms with Gasteiger partial charge in [0.05, 0.1) is 31.4 Å². The molecule has 8 nitrogen and oxygen atoms in total. The summed E-state index contributed by atoms with van der Waals surface area (Å²) in [6.45, 7) is 2.51. The minimum Gasteiger partial charge on any atom is -0.491 e. The first kappa shape index (κ1) is 23.2. The number of urea groups is 1. The fraction of sp³-hybridized carbons (Fsp3) is 0.333. The van der Waals surface area contributed by atoms with Crippen LogP contribution in [0, 0.1) is 0 Å². The molecule has 1 N–H and O–H groups in total. The Morgan fingerprint density at radius 1 is 1.13 bits per heavy atom. The van der Waals surface area contributed by atoms with Crippen molar-refractivity contribution >= 4 is 37.1 Å². The highest BCUT2D eigenvalue weighted by atomic mass is 35.5. The molecule has 0 saturated carbocycles. The lowest BCUT2D eigenvalue weighted by Gasteiger charge is -2.36. The van der Waals surface area contributed by atoms with Crippen LogP contribution in [0.4, 0.5) is 4.79 Å². The Hall–Kier alpha value is -2.46. The van der Waals surface area contributed by atoms with E-state index in [2.05, 4.69) is 4.89 Å². The number of hydrogen-bond donors (Lipinski definition) is 1. The lowest BCUT2D eigenvalue weighted by atomic mass is 10.1. The number of carbonyl (C=O) groups is 2. The third-order valence-electron chi connectivity index (χ3n) is 5.26. The van der Waals surface area contributed by atoms with Gasteiger partial charge in [0.15, 0.2) is 0 Å². The van der Waals surface area contributed by atoms with Crippen molar-refractivity contribution in [1.82, 2.24) is 9.80 Å². The van der Waals surface area contributed by atoms with E-state index >= 15 is 0 Å². The highest BCUT2D eigenvalue weighted by Gasteiger charge is 2.33. The molecule has 1 atom stereocenters. The molecular formula is C21H23ClN2O6S. The quantitative estimate of drug-likeness (QED) is 0.538. The molecule has 0 radical (unpaired) electrons. The van der Waals surface area contributed by atoms with Crippen molar-refractivity contribution in [3.63, 3.8) is 0 Å². The predicted octanol–water partition coefficient (Wildman–Crippen LogP) is 3.47. The second kappa shape index (κ2) is 10.2. The Morgan fingerprint density at radius 3 is 2.61 bits per heavy atom. The summed E-state index contributed by atoms with van der Waals surface area (Å²) in [4.78, 5) is 32.4. The molecule has 2 aliphatic rings. The summed E-state index contributed by atoms with van der Waals surface area (Å²) in [5.74, 6) is -0.416. The standard InChI is InChI=1S/C21H21ClN2O6.H2S/c22-17-3-1-2-14(10-17)18-13-29-19-11-15(20(25)30-27)4-5-16(19)12-24(18)21(26)23-6-8-28-9-7-23;/h1-5,10-11,18,27H,6-9,12-13H2;1H2/t18-;/m1./s1.